The van der Waals surface area contributed by atoms with E-state index in [1.807, 2.05) is 0 Å². The predicted octanol–water partition coefficient (Wildman–Crippen LogP) is 2.55. The van der Waals surface area contributed by atoms with Gasteiger partial charge in [0.15, 0.2) is 6.61 Å². The summed E-state index contributed by atoms with van der Waals surface area (Å²) in [7, 11) is -2.19. The zero-order chi connectivity index (χ0) is 16.6. The van der Waals surface area contributed by atoms with Crippen molar-refractivity contribution in [3.05, 3.63) is 39.5 Å². The SMILES string of the molecule is CN(Cc1ccc(Cl)s1)S(=O)(=O)c1ccc2c(c1)NC(=O)CO2. The number of benzene rings is 1. The number of nitrogens with one attached hydrogen (secondary N) is 1. The summed E-state index contributed by atoms with van der Waals surface area (Å²) in [5.74, 6) is 0.143. The Morgan fingerprint density at radius 3 is 2.83 bits per heavy atom. The number of fused-ring (bicyclic) bond motifs is 1. The molecule has 1 amide bonds. The van der Waals surface area contributed by atoms with Gasteiger partial charge in [0.25, 0.3) is 5.91 Å². The third kappa shape index (κ3) is 3.35. The highest BCUT2D eigenvalue weighted by Crippen LogP contribution is 2.31. The van der Waals surface area contributed by atoms with Crippen LogP contribution in [-0.4, -0.2) is 32.3 Å². The highest BCUT2D eigenvalue weighted by atomic mass is 35.5. The number of halogens is 1. The smallest absolute Gasteiger partial charge is 0.262 e. The summed E-state index contributed by atoms with van der Waals surface area (Å²) < 4.78 is 32.4. The largest absolute Gasteiger partial charge is 0.482 e. The molecule has 1 aromatic heterocycles. The fourth-order valence-electron chi connectivity index (χ4n) is 2.14. The molecule has 1 aromatic carbocycles. The molecule has 0 atom stereocenters. The molecule has 1 N–H and O–H groups in total. The Morgan fingerprint density at radius 1 is 1.35 bits per heavy atom. The quantitative estimate of drug-likeness (QED) is 0.894. The van der Waals surface area contributed by atoms with Crippen LogP contribution < -0.4 is 10.1 Å². The number of thiophene rings is 1. The summed E-state index contributed by atoms with van der Waals surface area (Å²) in [5, 5.41) is 2.60. The van der Waals surface area contributed by atoms with Crippen LogP contribution in [-0.2, 0) is 21.4 Å². The van der Waals surface area contributed by atoms with Crippen LogP contribution in [0.1, 0.15) is 4.88 Å². The molecule has 1 aliphatic rings. The van der Waals surface area contributed by atoms with Crippen molar-refractivity contribution in [3.8, 4) is 5.75 Å². The van der Waals surface area contributed by atoms with Gasteiger partial charge in [-0.2, -0.15) is 4.31 Å². The Bertz CT molecular complexity index is 863. The summed E-state index contributed by atoms with van der Waals surface area (Å²) in [4.78, 5) is 12.3. The summed E-state index contributed by atoms with van der Waals surface area (Å²) in [6, 6.07) is 7.92. The zero-order valence-electron chi connectivity index (χ0n) is 12.1. The van der Waals surface area contributed by atoms with Crippen molar-refractivity contribution in [2.45, 2.75) is 11.4 Å². The second-order valence-electron chi connectivity index (χ2n) is 4.96. The minimum atomic E-state index is -3.69. The van der Waals surface area contributed by atoms with Gasteiger partial charge in [0.05, 0.1) is 14.9 Å². The molecule has 0 radical (unpaired) electrons. The van der Waals surface area contributed by atoms with Crippen LogP contribution in [0, 0.1) is 0 Å². The van der Waals surface area contributed by atoms with Gasteiger partial charge in [-0.1, -0.05) is 11.6 Å². The Morgan fingerprint density at radius 2 is 2.13 bits per heavy atom. The van der Waals surface area contributed by atoms with Gasteiger partial charge in [0.2, 0.25) is 10.0 Å². The minimum absolute atomic E-state index is 0.0713. The van der Waals surface area contributed by atoms with Gasteiger partial charge in [0, 0.05) is 18.5 Å². The van der Waals surface area contributed by atoms with E-state index in [2.05, 4.69) is 5.32 Å². The van der Waals surface area contributed by atoms with E-state index in [0.29, 0.717) is 15.8 Å². The molecule has 23 heavy (non-hydrogen) atoms. The second-order valence-corrected chi connectivity index (χ2v) is 8.81. The summed E-state index contributed by atoms with van der Waals surface area (Å²) in [5.41, 5.74) is 0.356. The van der Waals surface area contributed by atoms with Gasteiger partial charge in [-0.25, -0.2) is 8.42 Å². The van der Waals surface area contributed by atoms with Gasteiger partial charge in [-0.05, 0) is 30.3 Å². The normalized spacial score (nSPS) is 14.3. The fraction of sp³-hybridized carbons (Fsp3) is 0.214. The van der Waals surface area contributed by atoms with Gasteiger partial charge < -0.3 is 10.1 Å². The topological polar surface area (TPSA) is 75.7 Å². The first kappa shape index (κ1) is 16.3. The molecular formula is C14H13ClN2O4S2. The van der Waals surface area contributed by atoms with Crippen LogP contribution in [0.4, 0.5) is 5.69 Å². The number of carbonyl (C=O) groups is 1. The molecule has 0 saturated heterocycles. The summed E-state index contributed by atoms with van der Waals surface area (Å²) in [6.07, 6.45) is 0. The lowest BCUT2D eigenvalue weighted by Crippen LogP contribution is -2.28. The first-order valence-corrected chi connectivity index (χ1v) is 9.27. The molecule has 0 fully saturated rings. The number of anilines is 1. The molecule has 3 rings (SSSR count). The highest BCUT2D eigenvalue weighted by molar-refractivity contribution is 7.89. The number of rotatable bonds is 4. The van der Waals surface area contributed by atoms with E-state index in [1.54, 1.807) is 12.1 Å². The van der Waals surface area contributed by atoms with E-state index in [0.717, 1.165) is 4.88 Å². The van der Waals surface area contributed by atoms with Crippen molar-refractivity contribution in [1.82, 2.24) is 4.31 Å². The van der Waals surface area contributed by atoms with Crippen LogP contribution >= 0.6 is 22.9 Å². The lowest BCUT2D eigenvalue weighted by Gasteiger charge is -2.20. The van der Waals surface area contributed by atoms with Crippen LogP contribution in [0.15, 0.2) is 35.2 Å². The first-order chi connectivity index (χ1) is 10.9. The van der Waals surface area contributed by atoms with E-state index in [1.165, 1.54) is 40.9 Å². The number of ether oxygens (including phenoxy) is 1. The number of hydrogen-bond acceptors (Lipinski definition) is 5. The van der Waals surface area contributed by atoms with Crippen molar-refractivity contribution < 1.29 is 17.9 Å². The van der Waals surface area contributed by atoms with Crippen LogP contribution in [0.3, 0.4) is 0 Å². The molecule has 122 valence electrons. The van der Waals surface area contributed by atoms with Gasteiger partial charge in [0.1, 0.15) is 5.75 Å². The standard InChI is InChI=1S/C14H13ClN2O4S2/c1-17(7-9-2-5-13(15)22-9)23(19,20)10-3-4-12-11(6-10)16-14(18)8-21-12/h2-6H,7-8H2,1H3,(H,16,18). The molecule has 0 unspecified atom stereocenters. The molecule has 9 heteroatoms. The number of sulfonamides is 1. The summed E-state index contributed by atoms with van der Waals surface area (Å²) in [6.45, 7) is 0.151. The number of carbonyl (C=O) groups excluding carboxylic acids is 1. The Kier molecular flexibility index (Phi) is 4.33. The van der Waals surface area contributed by atoms with Crippen LogP contribution in [0.25, 0.3) is 0 Å². The van der Waals surface area contributed by atoms with Crippen molar-refractivity contribution in [1.29, 1.82) is 0 Å². The van der Waals surface area contributed by atoms with Crippen molar-refractivity contribution in [2.24, 2.45) is 0 Å². The average molecular weight is 373 g/mol. The second kappa shape index (κ2) is 6.12. The molecule has 0 spiro atoms. The van der Waals surface area contributed by atoms with Gasteiger partial charge in [-0.15, -0.1) is 11.3 Å². The molecule has 0 aliphatic carbocycles. The molecule has 0 bridgehead atoms. The molecular weight excluding hydrogens is 360 g/mol. The van der Waals surface area contributed by atoms with E-state index >= 15 is 0 Å². The van der Waals surface area contributed by atoms with E-state index in [-0.39, 0.29) is 24.0 Å². The van der Waals surface area contributed by atoms with Gasteiger partial charge >= 0.3 is 0 Å². The third-order valence-electron chi connectivity index (χ3n) is 3.30. The number of hydrogen-bond donors (Lipinski definition) is 1. The lowest BCUT2D eigenvalue weighted by molar-refractivity contribution is -0.118. The maximum atomic E-state index is 12.7. The van der Waals surface area contributed by atoms with Crippen LogP contribution in [0.2, 0.25) is 4.34 Å². The minimum Gasteiger partial charge on any atom is -0.482 e. The first-order valence-electron chi connectivity index (χ1n) is 6.63. The number of nitrogens with zero attached hydrogens (tertiary/aromatic N) is 1. The molecule has 2 aromatic rings. The monoisotopic (exact) mass is 372 g/mol. The summed E-state index contributed by atoms with van der Waals surface area (Å²) >= 11 is 7.20. The van der Waals surface area contributed by atoms with E-state index < -0.39 is 10.0 Å². The van der Waals surface area contributed by atoms with Crippen molar-refractivity contribution in [2.75, 3.05) is 19.0 Å². The Hall–Kier alpha value is -1.61. The molecule has 2 heterocycles. The highest BCUT2D eigenvalue weighted by Gasteiger charge is 2.24. The van der Waals surface area contributed by atoms with E-state index in [9.17, 15) is 13.2 Å². The Labute approximate surface area is 142 Å². The average Bonchev–Trinajstić information content (AvgIpc) is 2.91. The Balaban J connectivity index is 1.87. The zero-order valence-corrected chi connectivity index (χ0v) is 14.5. The predicted molar refractivity (Wildman–Crippen MR) is 88.5 cm³/mol. The lowest BCUT2D eigenvalue weighted by atomic mass is 10.2. The van der Waals surface area contributed by atoms with E-state index in [4.69, 9.17) is 16.3 Å². The van der Waals surface area contributed by atoms with Crippen molar-refractivity contribution in [3.63, 3.8) is 0 Å². The van der Waals surface area contributed by atoms with Gasteiger partial charge in [-0.3, -0.25) is 4.79 Å². The third-order valence-corrected chi connectivity index (χ3v) is 6.31. The molecule has 1 aliphatic heterocycles. The maximum Gasteiger partial charge on any atom is 0.262 e. The number of amides is 1. The molecule has 0 saturated carbocycles. The van der Waals surface area contributed by atoms with Crippen molar-refractivity contribution >= 4 is 44.6 Å². The molecule has 6 nitrogen and oxygen atoms in total. The fourth-order valence-corrected chi connectivity index (χ4v) is 4.54. The van der Waals surface area contributed by atoms with Crippen LogP contribution in [0.5, 0.6) is 5.75 Å². The maximum absolute atomic E-state index is 12.7.